The first kappa shape index (κ1) is 18.3. The molecule has 0 N–H and O–H groups in total. The Morgan fingerprint density at radius 3 is 2.38 bits per heavy atom. The minimum atomic E-state index is -3.53. The number of rotatable bonds is 7. The molecule has 120 valence electrons. The summed E-state index contributed by atoms with van der Waals surface area (Å²) in [6.07, 6.45) is 0. The summed E-state index contributed by atoms with van der Waals surface area (Å²) in [6.45, 7) is 8.29. The molecule has 0 heterocycles. The normalized spacial score (nSPS) is 13.7. The molecule has 0 aliphatic carbocycles. The van der Waals surface area contributed by atoms with E-state index in [4.69, 9.17) is 16.3 Å². The third-order valence-corrected chi connectivity index (χ3v) is 5.92. The first-order valence-electron chi connectivity index (χ1n) is 7.05. The highest BCUT2D eigenvalue weighted by Crippen LogP contribution is 2.27. The van der Waals surface area contributed by atoms with Crippen LogP contribution in [0.4, 0.5) is 0 Å². The lowest BCUT2D eigenvalue weighted by Crippen LogP contribution is -2.38. The molecule has 4 nitrogen and oxygen atoms in total. The summed E-state index contributed by atoms with van der Waals surface area (Å²) in [5.41, 5.74) is 0.685. The molecule has 21 heavy (non-hydrogen) atoms. The Morgan fingerprint density at radius 2 is 1.90 bits per heavy atom. The van der Waals surface area contributed by atoms with Crippen molar-refractivity contribution >= 4 is 21.6 Å². The standard InChI is InChI=1S/C15H24ClNO3S/c1-6-20-15-8-7-14(9-13(15)10-16)21(18,19)17(5)12(4)11(2)3/h7-9,11-12H,6,10H2,1-5H3. The van der Waals surface area contributed by atoms with Crippen LogP contribution in [0.15, 0.2) is 23.1 Å². The van der Waals surface area contributed by atoms with Crippen LogP contribution in [0.1, 0.15) is 33.3 Å². The van der Waals surface area contributed by atoms with Crippen LogP contribution in [0.25, 0.3) is 0 Å². The van der Waals surface area contributed by atoms with Crippen LogP contribution >= 0.6 is 11.6 Å². The highest BCUT2D eigenvalue weighted by Gasteiger charge is 2.27. The fourth-order valence-electron chi connectivity index (χ4n) is 1.92. The second kappa shape index (κ2) is 7.47. The van der Waals surface area contributed by atoms with Crippen LogP contribution in [-0.4, -0.2) is 32.4 Å². The second-order valence-corrected chi connectivity index (χ2v) is 7.61. The quantitative estimate of drug-likeness (QED) is 0.717. The molecule has 0 radical (unpaired) electrons. The lowest BCUT2D eigenvalue weighted by atomic mass is 10.1. The lowest BCUT2D eigenvalue weighted by Gasteiger charge is -2.27. The van der Waals surface area contributed by atoms with Crippen molar-refractivity contribution < 1.29 is 13.2 Å². The molecule has 0 aromatic heterocycles. The first-order valence-corrected chi connectivity index (χ1v) is 9.02. The van der Waals surface area contributed by atoms with E-state index in [0.717, 1.165) is 0 Å². The summed E-state index contributed by atoms with van der Waals surface area (Å²) in [5, 5.41) is 0. The number of hydrogen-bond donors (Lipinski definition) is 0. The fraction of sp³-hybridized carbons (Fsp3) is 0.600. The van der Waals surface area contributed by atoms with Crippen LogP contribution in [-0.2, 0) is 15.9 Å². The summed E-state index contributed by atoms with van der Waals surface area (Å²) in [6, 6.07) is 4.75. The Labute approximate surface area is 133 Å². The van der Waals surface area contributed by atoms with Gasteiger partial charge in [-0.3, -0.25) is 0 Å². The van der Waals surface area contributed by atoms with Gasteiger partial charge in [0.15, 0.2) is 0 Å². The Balaban J connectivity index is 3.20. The van der Waals surface area contributed by atoms with Crippen molar-refractivity contribution in [1.29, 1.82) is 0 Å². The molecule has 0 saturated heterocycles. The van der Waals surface area contributed by atoms with Crippen molar-refractivity contribution in [2.24, 2.45) is 5.92 Å². The van der Waals surface area contributed by atoms with E-state index in [1.165, 1.54) is 4.31 Å². The smallest absolute Gasteiger partial charge is 0.243 e. The molecule has 1 atom stereocenters. The van der Waals surface area contributed by atoms with Gasteiger partial charge in [0.25, 0.3) is 0 Å². The molecule has 0 bridgehead atoms. The molecule has 1 rings (SSSR count). The van der Waals surface area contributed by atoms with Crippen LogP contribution in [0, 0.1) is 5.92 Å². The summed E-state index contributed by atoms with van der Waals surface area (Å²) >= 11 is 5.89. The lowest BCUT2D eigenvalue weighted by molar-refractivity contribution is 0.315. The number of nitrogens with zero attached hydrogens (tertiary/aromatic N) is 1. The van der Waals surface area contributed by atoms with Crippen molar-refractivity contribution in [3.05, 3.63) is 23.8 Å². The molecule has 0 saturated carbocycles. The number of alkyl halides is 1. The summed E-state index contributed by atoms with van der Waals surface area (Å²) in [7, 11) is -1.92. The summed E-state index contributed by atoms with van der Waals surface area (Å²) < 4.78 is 32.2. The topological polar surface area (TPSA) is 46.6 Å². The molecule has 1 aromatic carbocycles. The Bertz CT molecular complexity index is 572. The van der Waals surface area contributed by atoms with E-state index >= 15 is 0 Å². The van der Waals surface area contributed by atoms with Crippen molar-refractivity contribution in [1.82, 2.24) is 4.31 Å². The zero-order valence-corrected chi connectivity index (χ0v) is 14.8. The molecular weight excluding hydrogens is 310 g/mol. The van der Waals surface area contributed by atoms with Gasteiger partial charge in [0.05, 0.1) is 17.4 Å². The molecule has 6 heteroatoms. The molecule has 0 amide bonds. The van der Waals surface area contributed by atoms with Crippen LogP contribution < -0.4 is 4.74 Å². The van der Waals surface area contributed by atoms with E-state index in [1.807, 2.05) is 27.7 Å². The summed E-state index contributed by atoms with van der Waals surface area (Å²) in [4.78, 5) is 0.247. The highest BCUT2D eigenvalue weighted by molar-refractivity contribution is 7.89. The number of hydrogen-bond acceptors (Lipinski definition) is 3. The number of sulfonamides is 1. The summed E-state index contributed by atoms with van der Waals surface area (Å²) in [5.74, 6) is 1.08. The zero-order chi connectivity index (χ0) is 16.2. The zero-order valence-electron chi connectivity index (χ0n) is 13.3. The number of halogens is 1. The fourth-order valence-corrected chi connectivity index (χ4v) is 3.68. The van der Waals surface area contributed by atoms with Crippen molar-refractivity contribution in [3.63, 3.8) is 0 Å². The van der Waals surface area contributed by atoms with E-state index < -0.39 is 10.0 Å². The van der Waals surface area contributed by atoms with Gasteiger partial charge in [-0.15, -0.1) is 11.6 Å². The molecule has 1 unspecified atom stereocenters. The second-order valence-electron chi connectivity index (χ2n) is 5.34. The van der Waals surface area contributed by atoms with Gasteiger partial charge in [-0.2, -0.15) is 4.31 Å². The van der Waals surface area contributed by atoms with E-state index in [9.17, 15) is 8.42 Å². The highest BCUT2D eigenvalue weighted by atomic mass is 35.5. The van der Waals surface area contributed by atoms with Gasteiger partial charge in [0.1, 0.15) is 5.75 Å². The SMILES string of the molecule is CCOc1ccc(S(=O)(=O)N(C)C(C)C(C)C)cc1CCl. The maximum absolute atomic E-state index is 12.7. The predicted octanol–water partition coefficient (Wildman–Crippen LogP) is 3.49. The third-order valence-electron chi connectivity index (χ3n) is 3.69. The maximum atomic E-state index is 12.7. The van der Waals surface area contributed by atoms with Crippen molar-refractivity contribution in [3.8, 4) is 5.75 Å². The van der Waals surface area contributed by atoms with Gasteiger partial charge in [0.2, 0.25) is 10.0 Å². The molecule has 1 aromatic rings. The number of benzene rings is 1. The van der Waals surface area contributed by atoms with Crippen LogP contribution in [0.3, 0.4) is 0 Å². The molecule has 0 aliphatic rings. The molecule has 0 spiro atoms. The van der Waals surface area contributed by atoms with Gasteiger partial charge in [0, 0.05) is 18.7 Å². The molecular formula is C15H24ClNO3S. The molecule has 0 fully saturated rings. The molecule has 0 aliphatic heterocycles. The Hall–Kier alpha value is -0.780. The number of ether oxygens (including phenoxy) is 1. The van der Waals surface area contributed by atoms with Crippen molar-refractivity contribution in [2.75, 3.05) is 13.7 Å². The monoisotopic (exact) mass is 333 g/mol. The van der Waals surface area contributed by atoms with Crippen molar-refractivity contribution in [2.45, 2.75) is 44.5 Å². The minimum Gasteiger partial charge on any atom is -0.494 e. The maximum Gasteiger partial charge on any atom is 0.243 e. The van der Waals surface area contributed by atoms with Gasteiger partial charge in [-0.05, 0) is 38.0 Å². The third kappa shape index (κ3) is 4.11. The predicted molar refractivity (Wildman–Crippen MR) is 86.4 cm³/mol. The van der Waals surface area contributed by atoms with E-state index in [2.05, 4.69) is 0 Å². The van der Waals surface area contributed by atoms with Crippen LogP contribution in [0.5, 0.6) is 5.75 Å². The largest absolute Gasteiger partial charge is 0.494 e. The van der Waals surface area contributed by atoms with Gasteiger partial charge >= 0.3 is 0 Å². The Kier molecular flexibility index (Phi) is 6.50. The van der Waals surface area contributed by atoms with E-state index in [-0.39, 0.29) is 22.7 Å². The average molecular weight is 334 g/mol. The average Bonchev–Trinajstić information content (AvgIpc) is 2.45. The van der Waals surface area contributed by atoms with Gasteiger partial charge in [-0.1, -0.05) is 13.8 Å². The van der Waals surface area contributed by atoms with E-state index in [0.29, 0.717) is 17.9 Å². The minimum absolute atomic E-state index is 0.0824. The first-order chi connectivity index (χ1) is 9.75. The van der Waals surface area contributed by atoms with Gasteiger partial charge < -0.3 is 4.74 Å². The van der Waals surface area contributed by atoms with E-state index in [1.54, 1.807) is 25.2 Å². The van der Waals surface area contributed by atoms with Crippen LogP contribution in [0.2, 0.25) is 0 Å². The van der Waals surface area contributed by atoms with Gasteiger partial charge in [-0.25, -0.2) is 8.42 Å². The Morgan fingerprint density at radius 1 is 1.29 bits per heavy atom.